The third-order valence-electron chi connectivity index (χ3n) is 3.58. The Morgan fingerprint density at radius 3 is 2.72 bits per heavy atom. The van der Waals surface area contributed by atoms with Crippen molar-refractivity contribution in [3.8, 4) is 0 Å². The Hall–Kier alpha value is -1.35. The minimum absolute atomic E-state index is 0.0519. The van der Waals surface area contributed by atoms with Crippen LogP contribution in [0, 0.1) is 5.92 Å². The maximum absolute atomic E-state index is 12.0. The zero-order valence-corrected chi connectivity index (χ0v) is 10.8. The first-order valence-electron chi connectivity index (χ1n) is 6.68. The fourth-order valence-electron chi connectivity index (χ4n) is 2.52. The molecule has 0 spiro atoms. The van der Waals surface area contributed by atoms with Crippen molar-refractivity contribution >= 4 is 5.97 Å². The number of benzene rings is 1. The van der Waals surface area contributed by atoms with Gasteiger partial charge in [-0.25, -0.2) is 4.79 Å². The van der Waals surface area contributed by atoms with Crippen LogP contribution in [-0.4, -0.2) is 12.1 Å². The Bertz CT molecular complexity index is 391. The number of esters is 1. The summed E-state index contributed by atoms with van der Waals surface area (Å²) in [4.78, 5) is 12.0. The summed E-state index contributed by atoms with van der Waals surface area (Å²) >= 11 is 0. The second kappa shape index (κ2) is 6.01. The Morgan fingerprint density at radius 2 is 2.06 bits per heavy atom. The topological polar surface area (TPSA) is 52.3 Å². The molecule has 1 aromatic rings. The minimum atomic E-state index is -0.663. The van der Waals surface area contributed by atoms with Crippen LogP contribution in [0.5, 0.6) is 0 Å². The SMILES string of the molecule is CC1CCCC(OC(=O)[C@@H](N)c2ccccc2)C1. The molecule has 0 aromatic heterocycles. The van der Waals surface area contributed by atoms with E-state index >= 15 is 0 Å². The fraction of sp³-hybridized carbons (Fsp3) is 0.533. The van der Waals surface area contributed by atoms with Crippen molar-refractivity contribution in [2.75, 3.05) is 0 Å². The van der Waals surface area contributed by atoms with E-state index in [9.17, 15) is 4.79 Å². The molecule has 0 amide bonds. The fourth-order valence-corrected chi connectivity index (χ4v) is 2.52. The van der Waals surface area contributed by atoms with E-state index in [1.54, 1.807) is 0 Å². The van der Waals surface area contributed by atoms with Gasteiger partial charge in [0.15, 0.2) is 0 Å². The van der Waals surface area contributed by atoms with Gasteiger partial charge in [-0.2, -0.15) is 0 Å². The van der Waals surface area contributed by atoms with E-state index in [-0.39, 0.29) is 12.1 Å². The number of rotatable bonds is 3. The lowest BCUT2D eigenvalue weighted by Gasteiger charge is -2.27. The molecule has 0 bridgehead atoms. The summed E-state index contributed by atoms with van der Waals surface area (Å²) < 4.78 is 5.51. The van der Waals surface area contributed by atoms with Crippen LogP contribution in [0.4, 0.5) is 0 Å². The van der Waals surface area contributed by atoms with Crippen LogP contribution in [0.3, 0.4) is 0 Å². The van der Waals surface area contributed by atoms with Gasteiger partial charge in [-0.3, -0.25) is 0 Å². The molecule has 2 unspecified atom stereocenters. The highest BCUT2D eigenvalue weighted by molar-refractivity contribution is 5.77. The molecule has 1 aliphatic carbocycles. The van der Waals surface area contributed by atoms with Gasteiger partial charge >= 0.3 is 5.97 Å². The quantitative estimate of drug-likeness (QED) is 0.836. The molecule has 0 radical (unpaired) electrons. The molecule has 1 fully saturated rings. The highest BCUT2D eigenvalue weighted by atomic mass is 16.5. The first-order chi connectivity index (χ1) is 8.66. The number of carbonyl (C=O) groups is 1. The van der Waals surface area contributed by atoms with Gasteiger partial charge in [0.1, 0.15) is 12.1 Å². The molecule has 0 aliphatic heterocycles. The average Bonchev–Trinajstić information content (AvgIpc) is 2.39. The van der Waals surface area contributed by atoms with Crippen molar-refractivity contribution in [3.63, 3.8) is 0 Å². The van der Waals surface area contributed by atoms with Crippen molar-refractivity contribution < 1.29 is 9.53 Å². The average molecular weight is 247 g/mol. The van der Waals surface area contributed by atoms with E-state index in [1.165, 1.54) is 6.42 Å². The van der Waals surface area contributed by atoms with E-state index in [0.29, 0.717) is 5.92 Å². The highest BCUT2D eigenvalue weighted by Gasteiger charge is 2.25. The van der Waals surface area contributed by atoms with Crippen LogP contribution >= 0.6 is 0 Å². The molecule has 1 saturated carbocycles. The lowest BCUT2D eigenvalue weighted by atomic mass is 9.88. The molecule has 3 atom stereocenters. The molecular formula is C15H21NO2. The zero-order valence-electron chi connectivity index (χ0n) is 10.8. The predicted octanol–water partition coefficient (Wildman–Crippen LogP) is 2.81. The zero-order chi connectivity index (χ0) is 13.0. The van der Waals surface area contributed by atoms with Crippen LogP contribution in [0.15, 0.2) is 30.3 Å². The Morgan fingerprint density at radius 1 is 1.33 bits per heavy atom. The van der Waals surface area contributed by atoms with Gasteiger partial charge in [0.2, 0.25) is 0 Å². The standard InChI is InChI=1S/C15H21NO2/c1-11-6-5-9-13(10-11)18-15(17)14(16)12-7-3-2-4-8-12/h2-4,7-8,11,13-14H,5-6,9-10,16H2,1H3/t11?,13?,14-/m0/s1. The summed E-state index contributed by atoms with van der Waals surface area (Å²) in [6, 6.07) is 8.72. The van der Waals surface area contributed by atoms with Gasteiger partial charge in [-0.1, -0.05) is 43.7 Å². The number of nitrogens with two attached hydrogens (primary N) is 1. The molecule has 98 valence electrons. The van der Waals surface area contributed by atoms with E-state index in [1.807, 2.05) is 30.3 Å². The van der Waals surface area contributed by atoms with Crippen LogP contribution in [-0.2, 0) is 9.53 Å². The van der Waals surface area contributed by atoms with Crippen LogP contribution in [0.1, 0.15) is 44.2 Å². The Balaban J connectivity index is 1.91. The van der Waals surface area contributed by atoms with Crippen molar-refractivity contribution in [1.82, 2.24) is 0 Å². The molecule has 0 saturated heterocycles. The van der Waals surface area contributed by atoms with Gasteiger partial charge in [0.05, 0.1) is 0 Å². The van der Waals surface area contributed by atoms with Crippen LogP contribution < -0.4 is 5.73 Å². The molecule has 1 aliphatic rings. The lowest BCUT2D eigenvalue weighted by Crippen LogP contribution is -2.30. The Labute approximate surface area is 108 Å². The third-order valence-corrected chi connectivity index (χ3v) is 3.58. The minimum Gasteiger partial charge on any atom is -0.461 e. The molecule has 2 N–H and O–H groups in total. The third kappa shape index (κ3) is 3.33. The number of hydrogen-bond donors (Lipinski definition) is 1. The Kier molecular flexibility index (Phi) is 4.37. The van der Waals surface area contributed by atoms with Crippen molar-refractivity contribution in [3.05, 3.63) is 35.9 Å². The predicted molar refractivity (Wildman–Crippen MR) is 70.9 cm³/mol. The van der Waals surface area contributed by atoms with Crippen LogP contribution in [0.25, 0.3) is 0 Å². The summed E-state index contributed by atoms with van der Waals surface area (Å²) in [7, 11) is 0. The summed E-state index contributed by atoms with van der Waals surface area (Å²) in [5.74, 6) is 0.338. The number of hydrogen-bond acceptors (Lipinski definition) is 3. The molecule has 2 rings (SSSR count). The van der Waals surface area contributed by atoms with Gasteiger partial charge in [-0.05, 0) is 30.7 Å². The summed E-state index contributed by atoms with van der Waals surface area (Å²) in [6.45, 7) is 2.21. The highest BCUT2D eigenvalue weighted by Crippen LogP contribution is 2.26. The monoisotopic (exact) mass is 247 g/mol. The van der Waals surface area contributed by atoms with Crippen LogP contribution in [0.2, 0.25) is 0 Å². The number of carbonyl (C=O) groups excluding carboxylic acids is 1. The van der Waals surface area contributed by atoms with Gasteiger partial charge in [-0.15, -0.1) is 0 Å². The molecule has 0 heterocycles. The van der Waals surface area contributed by atoms with Gasteiger partial charge in [0.25, 0.3) is 0 Å². The van der Waals surface area contributed by atoms with E-state index in [4.69, 9.17) is 10.5 Å². The van der Waals surface area contributed by atoms with Crippen molar-refractivity contribution in [2.24, 2.45) is 11.7 Å². The molecule has 3 heteroatoms. The second-order valence-electron chi connectivity index (χ2n) is 5.22. The molecule has 18 heavy (non-hydrogen) atoms. The first-order valence-corrected chi connectivity index (χ1v) is 6.68. The lowest BCUT2D eigenvalue weighted by molar-refractivity contribution is -0.153. The van der Waals surface area contributed by atoms with Gasteiger partial charge < -0.3 is 10.5 Å². The van der Waals surface area contributed by atoms with Crippen molar-refractivity contribution in [2.45, 2.75) is 44.8 Å². The maximum Gasteiger partial charge on any atom is 0.327 e. The molecule has 1 aromatic carbocycles. The van der Waals surface area contributed by atoms with E-state index in [0.717, 1.165) is 24.8 Å². The van der Waals surface area contributed by atoms with Crippen molar-refractivity contribution in [1.29, 1.82) is 0 Å². The van der Waals surface area contributed by atoms with E-state index in [2.05, 4.69) is 6.92 Å². The smallest absolute Gasteiger partial charge is 0.327 e. The van der Waals surface area contributed by atoms with E-state index < -0.39 is 6.04 Å². The summed E-state index contributed by atoms with van der Waals surface area (Å²) in [6.07, 6.45) is 4.36. The van der Waals surface area contributed by atoms with Gasteiger partial charge in [0, 0.05) is 0 Å². The molecular weight excluding hydrogens is 226 g/mol. The first kappa shape index (κ1) is 13.1. The normalized spacial score (nSPS) is 25.4. The summed E-state index contributed by atoms with van der Waals surface area (Å²) in [5.41, 5.74) is 6.73. The largest absolute Gasteiger partial charge is 0.461 e. The maximum atomic E-state index is 12.0. The number of ether oxygens (including phenoxy) is 1. The summed E-state index contributed by atoms with van der Waals surface area (Å²) in [5, 5.41) is 0. The second-order valence-corrected chi connectivity index (χ2v) is 5.22. The molecule has 3 nitrogen and oxygen atoms in total.